The van der Waals surface area contributed by atoms with E-state index in [0.717, 1.165) is 33.9 Å². The third kappa shape index (κ3) is 3.28. The van der Waals surface area contributed by atoms with Crippen LogP contribution in [0, 0.1) is 5.92 Å². The smallest absolute Gasteiger partial charge is 0.274 e. The molecule has 4 aromatic rings. The molecule has 1 atom stereocenters. The molecule has 1 aromatic carbocycles. The monoisotopic (exact) mass is 422 g/mol. The normalized spacial score (nSPS) is 16.1. The third-order valence-electron chi connectivity index (χ3n) is 5.50. The molecule has 1 aliphatic carbocycles. The van der Waals surface area contributed by atoms with E-state index in [1.54, 1.807) is 39.6 Å². The molecule has 1 N–H and O–H groups in total. The van der Waals surface area contributed by atoms with Crippen LogP contribution in [0.1, 0.15) is 41.2 Å². The van der Waals surface area contributed by atoms with Gasteiger partial charge in [-0.15, -0.1) is 22.7 Å². The van der Waals surface area contributed by atoms with E-state index in [2.05, 4.69) is 23.4 Å². The highest BCUT2D eigenvalue weighted by Gasteiger charge is 2.27. The molecule has 5 rings (SSSR count). The molecular formula is C22H22N4OS2. The lowest BCUT2D eigenvalue weighted by molar-refractivity contribution is 0.101. The summed E-state index contributed by atoms with van der Waals surface area (Å²) in [4.78, 5) is 19.3. The highest BCUT2D eigenvalue weighted by atomic mass is 32.1. The minimum Gasteiger partial charge on any atom is -0.312 e. The van der Waals surface area contributed by atoms with Gasteiger partial charge in [0, 0.05) is 23.2 Å². The first-order valence-electron chi connectivity index (χ1n) is 9.97. The van der Waals surface area contributed by atoms with Crippen molar-refractivity contribution in [2.45, 2.75) is 39.7 Å². The molecular weight excluding hydrogens is 400 g/mol. The Kier molecular flexibility index (Phi) is 4.72. The van der Waals surface area contributed by atoms with E-state index in [9.17, 15) is 4.79 Å². The summed E-state index contributed by atoms with van der Waals surface area (Å²) in [5.41, 5.74) is 4.08. The number of aryl methyl sites for hydroxylation is 1. The van der Waals surface area contributed by atoms with E-state index in [0.29, 0.717) is 18.2 Å². The molecule has 0 saturated heterocycles. The van der Waals surface area contributed by atoms with Gasteiger partial charge in [0.05, 0.1) is 10.2 Å². The van der Waals surface area contributed by atoms with Gasteiger partial charge in [0.25, 0.3) is 5.91 Å². The van der Waals surface area contributed by atoms with Crippen LogP contribution >= 0.6 is 22.7 Å². The predicted octanol–water partition coefficient (Wildman–Crippen LogP) is 5.62. The van der Waals surface area contributed by atoms with Gasteiger partial charge in [0.1, 0.15) is 15.7 Å². The SMILES string of the molecule is CCn1nccc1C(=O)Nc1sc2c(c1-c1nc3ccccc3s1)CC[C@H](C)C2. The molecule has 0 spiro atoms. The number of anilines is 1. The fourth-order valence-electron chi connectivity index (χ4n) is 3.99. The molecule has 7 heteroatoms. The minimum absolute atomic E-state index is 0.113. The minimum atomic E-state index is -0.113. The van der Waals surface area contributed by atoms with Crippen LogP contribution in [0.2, 0.25) is 0 Å². The number of hydrogen-bond donors (Lipinski definition) is 1. The van der Waals surface area contributed by atoms with Gasteiger partial charge < -0.3 is 5.32 Å². The first-order chi connectivity index (χ1) is 14.1. The molecule has 0 saturated carbocycles. The average Bonchev–Trinajstić information content (AvgIpc) is 3.43. The van der Waals surface area contributed by atoms with E-state index in [1.165, 1.54) is 21.6 Å². The largest absolute Gasteiger partial charge is 0.312 e. The number of carbonyl (C=O) groups is 1. The van der Waals surface area contributed by atoms with Crippen LogP contribution in [0.5, 0.6) is 0 Å². The predicted molar refractivity (Wildman–Crippen MR) is 120 cm³/mol. The van der Waals surface area contributed by atoms with Crippen molar-refractivity contribution in [1.82, 2.24) is 14.8 Å². The van der Waals surface area contributed by atoms with Crippen molar-refractivity contribution in [3.63, 3.8) is 0 Å². The van der Waals surface area contributed by atoms with Crippen molar-refractivity contribution in [2.24, 2.45) is 5.92 Å². The fraction of sp³-hybridized carbons (Fsp3) is 0.318. The van der Waals surface area contributed by atoms with E-state index >= 15 is 0 Å². The van der Waals surface area contributed by atoms with Gasteiger partial charge in [-0.25, -0.2) is 4.98 Å². The Morgan fingerprint density at radius 1 is 1.28 bits per heavy atom. The van der Waals surface area contributed by atoms with Crippen LogP contribution < -0.4 is 5.32 Å². The lowest BCUT2D eigenvalue weighted by Gasteiger charge is -2.18. The van der Waals surface area contributed by atoms with Gasteiger partial charge in [-0.2, -0.15) is 5.10 Å². The van der Waals surface area contributed by atoms with Crippen molar-refractivity contribution < 1.29 is 4.79 Å². The molecule has 0 bridgehead atoms. The molecule has 1 amide bonds. The van der Waals surface area contributed by atoms with E-state index in [4.69, 9.17) is 4.98 Å². The maximum Gasteiger partial charge on any atom is 0.274 e. The lowest BCUT2D eigenvalue weighted by Crippen LogP contribution is -2.17. The highest BCUT2D eigenvalue weighted by Crippen LogP contribution is 2.47. The van der Waals surface area contributed by atoms with Crippen LogP contribution in [-0.2, 0) is 19.4 Å². The van der Waals surface area contributed by atoms with Crippen LogP contribution in [-0.4, -0.2) is 20.7 Å². The first kappa shape index (κ1) is 18.5. The molecule has 5 nitrogen and oxygen atoms in total. The molecule has 1 aliphatic rings. The molecule has 0 radical (unpaired) electrons. The zero-order valence-corrected chi connectivity index (χ0v) is 18.1. The molecule has 29 heavy (non-hydrogen) atoms. The summed E-state index contributed by atoms with van der Waals surface area (Å²) in [6.45, 7) is 4.96. The Morgan fingerprint density at radius 3 is 2.97 bits per heavy atom. The Bertz CT molecular complexity index is 1170. The van der Waals surface area contributed by atoms with E-state index in [-0.39, 0.29) is 5.91 Å². The maximum atomic E-state index is 13.0. The topological polar surface area (TPSA) is 59.8 Å². The summed E-state index contributed by atoms with van der Waals surface area (Å²) < 4.78 is 2.90. The van der Waals surface area contributed by atoms with Crippen molar-refractivity contribution in [3.8, 4) is 10.6 Å². The summed E-state index contributed by atoms with van der Waals surface area (Å²) in [5.74, 6) is 0.563. The van der Waals surface area contributed by atoms with Gasteiger partial charge in [0.15, 0.2) is 0 Å². The molecule has 0 fully saturated rings. The van der Waals surface area contributed by atoms with E-state index < -0.39 is 0 Å². The number of rotatable bonds is 4. The van der Waals surface area contributed by atoms with Crippen LogP contribution in [0.25, 0.3) is 20.8 Å². The van der Waals surface area contributed by atoms with Gasteiger partial charge >= 0.3 is 0 Å². The standard InChI is InChI=1S/C22H22N4OS2/c1-3-26-16(10-11-23-26)20(27)25-22-19(14-9-8-13(2)12-18(14)29-22)21-24-15-6-4-5-7-17(15)28-21/h4-7,10-11,13H,3,8-9,12H2,1-2H3,(H,25,27)/t13-/m0/s1. The summed E-state index contributed by atoms with van der Waals surface area (Å²) in [6.07, 6.45) is 4.97. The number of aromatic nitrogens is 3. The van der Waals surface area contributed by atoms with Crippen molar-refractivity contribution in [3.05, 3.63) is 52.7 Å². The fourth-order valence-corrected chi connectivity index (χ4v) is 6.51. The second kappa shape index (κ2) is 7.39. The van der Waals surface area contributed by atoms with Crippen LogP contribution in [0.3, 0.4) is 0 Å². The number of thiophene rings is 1. The zero-order chi connectivity index (χ0) is 20.0. The quantitative estimate of drug-likeness (QED) is 0.464. The van der Waals surface area contributed by atoms with Crippen molar-refractivity contribution >= 4 is 43.8 Å². The summed E-state index contributed by atoms with van der Waals surface area (Å²) in [5, 5.41) is 9.33. The van der Waals surface area contributed by atoms with Crippen molar-refractivity contribution in [1.29, 1.82) is 0 Å². The number of amides is 1. The molecule has 3 aromatic heterocycles. The Hall–Kier alpha value is -2.51. The molecule has 0 unspecified atom stereocenters. The first-order valence-corrected chi connectivity index (χ1v) is 11.6. The van der Waals surface area contributed by atoms with Gasteiger partial charge in [-0.05, 0) is 55.9 Å². The summed E-state index contributed by atoms with van der Waals surface area (Å²) in [6, 6.07) is 9.99. The summed E-state index contributed by atoms with van der Waals surface area (Å²) >= 11 is 3.42. The number of carbonyl (C=O) groups excluding carboxylic acids is 1. The van der Waals surface area contributed by atoms with Gasteiger partial charge in [-0.3, -0.25) is 9.48 Å². The van der Waals surface area contributed by atoms with Gasteiger partial charge in [0.2, 0.25) is 0 Å². The number of fused-ring (bicyclic) bond motifs is 2. The second-order valence-corrected chi connectivity index (χ2v) is 9.66. The summed E-state index contributed by atoms with van der Waals surface area (Å²) in [7, 11) is 0. The average molecular weight is 423 g/mol. The number of thiazole rings is 1. The van der Waals surface area contributed by atoms with Crippen LogP contribution in [0.15, 0.2) is 36.5 Å². The Labute approximate surface area is 177 Å². The molecule has 0 aliphatic heterocycles. The van der Waals surface area contributed by atoms with Crippen molar-refractivity contribution in [2.75, 3.05) is 5.32 Å². The number of hydrogen-bond acceptors (Lipinski definition) is 5. The number of nitrogens with one attached hydrogen (secondary N) is 1. The molecule has 148 valence electrons. The Balaban J connectivity index is 1.60. The zero-order valence-electron chi connectivity index (χ0n) is 16.4. The maximum absolute atomic E-state index is 13.0. The number of para-hydroxylation sites is 1. The number of benzene rings is 1. The third-order valence-corrected chi connectivity index (χ3v) is 7.72. The Morgan fingerprint density at radius 2 is 2.14 bits per heavy atom. The second-order valence-electron chi connectivity index (χ2n) is 7.53. The highest BCUT2D eigenvalue weighted by molar-refractivity contribution is 7.23. The van der Waals surface area contributed by atoms with E-state index in [1.807, 2.05) is 25.1 Å². The molecule has 3 heterocycles. The van der Waals surface area contributed by atoms with Gasteiger partial charge in [-0.1, -0.05) is 19.1 Å². The lowest BCUT2D eigenvalue weighted by atomic mass is 9.88. The van der Waals surface area contributed by atoms with Crippen LogP contribution in [0.4, 0.5) is 5.00 Å². The number of nitrogens with zero attached hydrogens (tertiary/aromatic N) is 3.